The van der Waals surface area contributed by atoms with Crippen molar-refractivity contribution in [1.82, 2.24) is 14.1 Å². The standard InChI is InChI=1S/C16H21ClN4O3S/c1-12-15(16(17)19(2)18-12)25(22,23)21-10-8-20(9-11-21)13-4-6-14(24-3)7-5-13/h4-7H,8-11H2,1-3H3. The van der Waals surface area contributed by atoms with Crippen molar-refractivity contribution in [2.75, 3.05) is 38.2 Å². The number of nitrogens with zero attached hydrogens (tertiary/aromatic N) is 4. The van der Waals surface area contributed by atoms with E-state index in [0.717, 1.165) is 11.4 Å². The van der Waals surface area contributed by atoms with Gasteiger partial charge < -0.3 is 9.64 Å². The van der Waals surface area contributed by atoms with Crippen molar-refractivity contribution >= 4 is 27.3 Å². The average molecular weight is 385 g/mol. The number of benzene rings is 1. The van der Waals surface area contributed by atoms with E-state index in [0.29, 0.717) is 31.9 Å². The number of sulfonamides is 1. The summed E-state index contributed by atoms with van der Waals surface area (Å²) in [7, 11) is -0.383. The van der Waals surface area contributed by atoms with Crippen molar-refractivity contribution in [2.24, 2.45) is 7.05 Å². The smallest absolute Gasteiger partial charge is 0.248 e. The summed E-state index contributed by atoms with van der Waals surface area (Å²) >= 11 is 6.14. The van der Waals surface area contributed by atoms with Gasteiger partial charge in [-0.3, -0.25) is 4.68 Å². The Morgan fingerprint density at radius 3 is 2.20 bits per heavy atom. The molecule has 1 saturated heterocycles. The van der Waals surface area contributed by atoms with Gasteiger partial charge in [0.05, 0.1) is 12.8 Å². The fourth-order valence-corrected chi connectivity index (χ4v) is 5.14. The highest BCUT2D eigenvalue weighted by molar-refractivity contribution is 7.89. The number of hydrogen-bond donors (Lipinski definition) is 0. The van der Waals surface area contributed by atoms with Crippen LogP contribution in [0, 0.1) is 6.92 Å². The normalized spacial score (nSPS) is 16.2. The minimum absolute atomic E-state index is 0.106. The molecule has 3 rings (SSSR count). The van der Waals surface area contributed by atoms with Crippen LogP contribution in [0.2, 0.25) is 5.15 Å². The average Bonchev–Trinajstić information content (AvgIpc) is 2.87. The molecule has 9 heteroatoms. The van der Waals surface area contributed by atoms with Crippen molar-refractivity contribution in [3.05, 3.63) is 35.1 Å². The van der Waals surface area contributed by atoms with Gasteiger partial charge in [-0.1, -0.05) is 11.6 Å². The van der Waals surface area contributed by atoms with Crippen molar-refractivity contribution in [2.45, 2.75) is 11.8 Å². The minimum Gasteiger partial charge on any atom is -0.497 e. The molecule has 7 nitrogen and oxygen atoms in total. The van der Waals surface area contributed by atoms with E-state index in [1.165, 1.54) is 8.99 Å². The van der Waals surface area contributed by atoms with Crippen LogP contribution >= 0.6 is 11.6 Å². The highest BCUT2D eigenvalue weighted by atomic mass is 35.5. The Bertz CT molecular complexity index is 856. The molecule has 0 saturated carbocycles. The Hall–Kier alpha value is -1.77. The van der Waals surface area contributed by atoms with Gasteiger partial charge in [-0.25, -0.2) is 8.42 Å². The summed E-state index contributed by atoms with van der Waals surface area (Å²) in [5.74, 6) is 0.798. The van der Waals surface area contributed by atoms with Gasteiger partial charge in [0, 0.05) is 38.9 Å². The molecule has 1 aliphatic heterocycles. The topological polar surface area (TPSA) is 67.7 Å². The molecule has 0 radical (unpaired) electrons. The monoisotopic (exact) mass is 384 g/mol. The van der Waals surface area contributed by atoms with Crippen LogP contribution in [0.15, 0.2) is 29.2 Å². The van der Waals surface area contributed by atoms with Crippen LogP contribution in [0.25, 0.3) is 0 Å². The number of methoxy groups -OCH3 is 1. The first kappa shape index (κ1) is 18.0. The van der Waals surface area contributed by atoms with Crippen molar-refractivity contribution < 1.29 is 13.2 Å². The van der Waals surface area contributed by atoms with Crippen LogP contribution in [0.1, 0.15) is 5.69 Å². The second-order valence-electron chi connectivity index (χ2n) is 5.92. The largest absolute Gasteiger partial charge is 0.497 e. The van der Waals surface area contributed by atoms with Gasteiger partial charge in [0.2, 0.25) is 10.0 Å². The molecule has 0 spiro atoms. The van der Waals surface area contributed by atoms with E-state index < -0.39 is 10.0 Å². The van der Waals surface area contributed by atoms with E-state index in [4.69, 9.17) is 16.3 Å². The summed E-state index contributed by atoms with van der Waals surface area (Å²) in [5, 5.41) is 4.26. The second kappa shape index (κ2) is 6.86. The summed E-state index contributed by atoms with van der Waals surface area (Å²) in [6, 6.07) is 7.75. The molecule has 0 bridgehead atoms. The lowest BCUT2D eigenvalue weighted by Gasteiger charge is -2.35. The van der Waals surface area contributed by atoms with E-state index >= 15 is 0 Å². The predicted octanol–water partition coefficient (Wildman–Crippen LogP) is 1.90. The number of aryl methyl sites for hydroxylation is 2. The third kappa shape index (κ3) is 3.33. The highest BCUT2D eigenvalue weighted by Gasteiger charge is 2.33. The van der Waals surface area contributed by atoms with Gasteiger partial charge in [-0.05, 0) is 31.2 Å². The summed E-state index contributed by atoms with van der Waals surface area (Å²) < 4.78 is 33.9. The Balaban J connectivity index is 1.75. The SMILES string of the molecule is COc1ccc(N2CCN(S(=O)(=O)c3c(C)nn(C)c3Cl)CC2)cc1. The molecule has 0 aliphatic carbocycles. The number of rotatable bonds is 4. The first-order valence-electron chi connectivity index (χ1n) is 7.93. The number of aromatic nitrogens is 2. The molecule has 0 amide bonds. The van der Waals surface area contributed by atoms with Crippen LogP contribution in [0.4, 0.5) is 5.69 Å². The molecular formula is C16H21ClN4O3S. The summed E-state index contributed by atoms with van der Waals surface area (Å²) in [6.07, 6.45) is 0. The molecule has 2 aromatic rings. The van der Waals surface area contributed by atoms with E-state index in [9.17, 15) is 8.42 Å². The van der Waals surface area contributed by atoms with Crippen molar-refractivity contribution in [3.8, 4) is 5.75 Å². The lowest BCUT2D eigenvalue weighted by Crippen LogP contribution is -2.48. The van der Waals surface area contributed by atoms with Gasteiger partial charge >= 0.3 is 0 Å². The fraction of sp³-hybridized carbons (Fsp3) is 0.438. The predicted molar refractivity (Wildman–Crippen MR) is 96.9 cm³/mol. The third-order valence-corrected chi connectivity index (χ3v) is 6.97. The Kier molecular flexibility index (Phi) is 4.95. The fourth-order valence-electron chi connectivity index (χ4n) is 3.01. The van der Waals surface area contributed by atoms with Gasteiger partial charge in [0.15, 0.2) is 0 Å². The molecular weight excluding hydrogens is 364 g/mol. The molecule has 1 aromatic heterocycles. The summed E-state index contributed by atoms with van der Waals surface area (Å²) in [4.78, 5) is 2.26. The van der Waals surface area contributed by atoms with Crippen molar-refractivity contribution in [1.29, 1.82) is 0 Å². The number of halogens is 1. The van der Waals surface area contributed by atoms with E-state index in [2.05, 4.69) is 10.00 Å². The lowest BCUT2D eigenvalue weighted by atomic mass is 10.2. The summed E-state index contributed by atoms with van der Waals surface area (Å²) in [5.41, 5.74) is 1.47. The molecule has 0 atom stereocenters. The van der Waals surface area contributed by atoms with Crippen molar-refractivity contribution in [3.63, 3.8) is 0 Å². The molecule has 1 fully saturated rings. The first-order chi connectivity index (χ1) is 11.8. The quantitative estimate of drug-likeness (QED) is 0.805. The molecule has 0 N–H and O–H groups in total. The molecule has 0 unspecified atom stereocenters. The maximum Gasteiger partial charge on any atom is 0.248 e. The molecule has 136 valence electrons. The number of ether oxygens (including phenoxy) is 1. The van der Waals surface area contributed by atoms with E-state index in [1.54, 1.807) is 21.1 Å². The minimum atomic E-state index is -3.65. The summed E-state index contributed by atoms with van der Waals surface area (Å²) in [6.45, 7) is 3.69. The Labute approximate surface area is 152 Å². The van der Waals surface area contributed by atoms with Crippen LogP contribution in [-0.2, 0) is 17.1 Å². The zero-order chi connectivity index (χ0) is 18.2. The molecule has 1 aromatic carbocycles. The van der Waals surface area contributed by atoms with Gasteiger partial charge in [-0.15, -0.1) is 0 Å². The Morgan fingerprint density at radius 1 is 1.12 bits per heavy atom. The number of hydrogen-bond acceptors (Lipinski definition) is 5. The third-order valence-electron chi connectivity index (χ3n) is 4.37. The van der Waals surface area contributed by atoms with E-state index in [1.807, 2.05) is 24.3 Å². The zero-order valence-electron chi connectivity index (χ0n) is 14.4. The molecule has 25 heavy (non-hydrogen) atoms. The van der Waals surface area contributed by atoms with Crippen LogP contribution in [0.5, 0.6) is 5.75 Å². The van der Waals surface area contributed by atoms with Gasteiger partial charge in [-0.2, -0.15) is 9.40 Å². The van der Waals surface area contributed by atoms with Gasteiger partial charge in [0.25, 0.3) is 0 Å². The van der Waals surface area contributed by atoms with Crippen LogP contribution in [-0.4, -0.2) is 55.8 Å². The molecule has 2 heterocycles. The second-order valence-corrected chi connectivity index (χ2v) is 8.15. The maximum atomic E-state index is 12.9. The van der Waals surface area contributed by atoms with Crippen LogP contribution < -0.4 is 9.64 Å². The van der Waals surface area contributed by atoms with Crippen LogP contribution in [0.3, 0.4) is 0 Å². The highest BCUT2D eigenvalue weighted by Crippen LogP contribution is 2.29. The lowest BCUT2D eigenvalue weighted by molar-refractivity contribution is 0.384. The number of piperazine rings is 1. The molecule has 1 aliphatic rings. The number of anilines is 1. The van der Waals surface area contributed by atoms with E-state index in [-0.39, 0.29) is 10.0 Å². The first-order valence-corrected chi connectivity index (χ1v) is 9.74. The Morgan fingerprint density at radius 2 is 1.72 bits per heavy atom. The van der Waals surface area contributed by atoms with Gasteiger partial charge in [0.1, 0.15) is 15.8 Å². The zero-order valence-corrected chi connectivity index (χ0v) is 16.0. The maximum absolute atomic E-state index is 12.9.